The lowest BCUT2D eigenvalue weighted by molar-refractivity contribution is 0.476. The van der Waals surface area contributed by atoms with Crippen molar-refractivity contribution in [1.29, 1.82) is 0 Å². The zero-order valence-electron chi connectivity index (χ0n) is 19.9. The third-order valence-corrected chi connectivity index (χ3v) is 7.86. The summed E-state index contributed by atoms with van der Waals surface area (Å²) >= 11 is 0. The second kappa shape index (κ2) is 7.02. The Morgan fingerprint density at radius 2 is 1.61 bits per heavy atom. The van der Waals surface area contributed by atoms with Crippen molar-refractivity contribution in [2.75, 3.05) is 0 Å². The highest BCUT2D eigenvalue weighted by Gasteiger charge is 2.42. The van der Waals surface area contributed by atoms with Gasteiger partial charge in [0.15, 0.2) is 0 Å². The second-order valence-corrected chi connectivity index (χ2v) is 9.46. The summed E-state index contributed by atoms with van der Waals surface area (Å²) in [6.45, 7) is 10.9. The van der Waals surface area contributed by atoms with E-state index in [4.69, 9.17) is 14.4 Å². The van der Waals surface area contributed by atoms with Crippen LogP contribution in [0.2, 0.25) is 0 Å². The molecule has 0 radical (unpaired) electrons. The maximum absolute atomic E-state index is 6.54. The van der Waals surface area contributed by atoms with E-state index in [2.05, 4.69) is 83.1 Å². The Labute approximate surface area is 194 Å². The van der Waals surface area contributed by atoms with Gasteiger partial charge >= 0.3 is 0 Å². The van der Waals surface area contributed by atoms with Crippen molar-refractivity contribution in [2.24, 2.45) is 0 Å². The summed E-state index contributed by atoms with van der Waals surface area (Å²) in [6.07, 6.45) is 3.98. The number of furan rings is 1. The first-order chi connectivity index (χ1) is 16.0. The summed E-state index contributed by atoms with van der Waals surface area (Å²) in [5.74, 6) is 0. The fraction of sp³-hybridized carbons (Fsp3) is 0.267. The van der Waals surface area contributed by atoms with Gasteiger partial charge in [-0.2, -0.15) is 0 Å². The molecule has 164 valence electrons. The Kier molecular flexibility index (Phi) is 4.29. The predicted octanol–water partition coefficient (Wildman–Crippen LogP) is 8.05. The van der Waals surface area contributed by atoms with Gasteiger partial charge < -0.3 is 4.42 Å². The average Bonchev–Trinajstić information content (AvgIpc) is 3.32. The fourth-order valence-corrected chi connectivity index (χ4v) is 5.74. The summed E-state index contributed by atoms with van der Waals surface area (Å²) in [4.78, 5) is 9.96. The highest BCUT2D eigenvalue weighted by atomic mass is 16.3. The quantitative estimate of drug-likeness (QED) is 0.289. The van der Waals surface area contributed by atoms with E-state index < -0.39 is 0 Å². The molecule has 0 bridgehead atoms. The lowest BCUT2D eigenvalue weighted by atomic mass is 9.76. The third kappa shape index (κ3) is 2.62. The molecule has 0 amide bonds. The summed E-state index contributed by atoms with van der Waals surface area (Å²) in [6, 6.07) is 17.6. The first kappa shape index (κ1) is 20.2. The minimum absolute atomic E-state index is 0.0620. The highest BCUT2D eigenvalue weighted by molar-refractivity contribution is 6.10. The molecule has 3 heterocycles. The Hall–Kier alpha value is -3.46. The van der Waals surface area contributed by atoms with Crippen LogP contribution >= 0.6 is 0 Å². The molecule has 5 aromatic rings. The SMILES string of the molecule is CCC1(CC)c2ccccc2-c2cc3c(nc21)oc1c(-c2cc(C)c(C)cn2)c(C)ccc13. The molecule has 0 aliphatic heterocycles. The molecule has 1 aliphatic carbocycles. The number of aromatic nitrogens is 2. The maximum atomic E-state index is 6.54. The molecular weight excluding hydrogens is 404 g/mol. The first-order valence-electron chi connectivity index (χ1n) is 11.9. The molecule has 0 saturated carbocycles. The van der Waals surface area contributed by atoms with Crippen molar-refractivity contribution in [3.63, 3.8) is 0 Å². The molecule has 0 saturated heterocycles. The highest BCUT2D eigenvalue weighted by Crippen LogP contribution is 2.53. The van der Waals surface area contributed by atoms with Crippen LogP contribution in [0, 0.1) is 20.8 Å². The van der Waals surface area contributed by atoms with Crippen LogP contribution in [-0.4, -0.2) is 9.97 Å². The summed E-state index contributed by atoms with van der Waals surface area (Å²) < 4.78 is 6.54. The zero-order chi connectivity index (χ0) is 22.9. The number of aryl methyl sites for hydroxylation is 3. The van der Waals surface area contributed by atoms with E-state index in [1.54, 1.807) is 0 Å². The lowest BCUT2D eigenvalue weighted by Gasteiger charge is -2.28. The number of fused-ring (bicyclic) bond motifs is 6. The van der Waals surface area contributed by atoms with Crippen molar-refractivity contribution < 1.29 is 4.42 Å². The van der Waals surface area contributed by atoms with E-state index in [1.165, 1.54) is 27.8 Å². The lowest BCUT2D eigenvalue weighted by Crippen LogP contribution is -2.24. The van der Waals surface area contributed by atoms with Gasteiger partial charge in [0.2, 0.25) is 5.71 Å². The number of rotatable bonds is 3. The Morgan fingerprint density at radius 3 is 2.36 bits per heavy atom. The molecule has 0 spiro atoms. The van der Waals surface area contributed by atoms with Gasteiger partial charge in [0.1, 0.15) is 5.58 Å². The van der Waals surface area contributed by atoms with E-state index >= 15 is 0 Å². The molecule has 6 rings (SSSR count). The van der Waals surface area contributed by atoms with E-state index in [-0.39, 0.29) is 5.41 Å². The van der Waals surface area contributed by atoms with Gasteiger partial charge in [-0.3, -0.25) is 4.98 Å². The van der Waals surface area contributed by atoms with Crippen LogP contribution < -0.4 is 0 Å². The zero-order valence-corrected chi connectivity index (χ0v) is 19.9. The largest absolute Gasteiger partial charge is 0.437 e. The van der Waals surface area contributed by atoms with Crippen molar-refractivity contribution in [2.45, 2.75) is 52.9 Å². The van der Waals surface area contributed by atoms with E-state index in [0.717, 1.165) is 57.4 Å². The van der Waals surface area contributed by atoms with Crippen LogP contribution in [0.15, 0.2) is 59.1 Å². The van der Waals surface area contributed by atoms with E-state index in [1.807, 2.05) is 6.20 Å². The number of hydrogen-bond acceptors (Lipinski definition) is 3. The standard InChI is InChI=1S/C30H28N2O/c1-6-30(7-2)24-11-9-8-10-20(24)22-15-23-21-13-12-17(3)26(25-14-18(4)19(5)16-31-25)27(21)33-29(23)32-28(22)30/h8-16H,6-7H2,1-5H3. The molecule has 0 unspecified atom stereocenters. The van der Waals surface area contributed by atoms with Crippen molar-refractivity contribution >= 4 is 22.1 Å². The topological polar surface area (TPSA) is 38.9 Å². The molecule has 0 N–H and O–H groups in total. The molecular formula is C30H28N2O. The van der Waals surface area contributed by atoms with E-state index in [9.17, 15) is 0 Å². The fourth-order valence-electron chi connectivity index (χ4n) is 5.74. The molecule has 3 aromatic heterocycles. The van der Waals surface area contributed by atoms with Crippen molar-refractivity contribution in [3.8, 4) is 22.4 Å². The van der Waals surface area contributed by atoms with Crippen molar-refractivity contribution in [1.82, 2.24) is 9.97 Å². The van der Waals surface area contributed by atoms with Crippen LogP contribution in [0.3, 0.4) is 0 Å². The normalized spacial score (nSPS) is 14.1. The van der Waals surface area contributed by atoms with E-state index in [0.29, 0.717) is 0 Å². The van der Waals surface area contributed by atoms with Gasteiger partial charge in [-0.1, -0.05) is 50.2 Å². The number of pyridine rings is 2. The van der Waals surface area contributed by atoms with Crippen LogP contribution in [0.5, 0.6) is 0 Å². The average molecular weight is 433 g/mol. The van der Waals surface area contributed by atoms with Gasteiger partial charge in [0.05, 0.1) is 11.4 Å². The Bertz CT molecular complexity index is 1570. The Morgan fingerprint density at radius 1 is 0.818 bits per heavy atom. The first-order valence-corrected chi connectivity index (χ1v) is 11.9. The number of benzene rings is 2. The molecule has 3 heteroatoms. The van der Waals surface area contributed by atoms with Gasteiger partial charge in [-0.25, -0.2) is 4.98 Å². The molecule has 3 nitrogen and oxygen atoms in total. The summed E-state index contributed by atoms with van der Waals surface area (Å²) in [5, 5.41) is 2.18. The maximum Gasteiger partial charge on any atom is 0.227 e. The number of nitrogens with zero attached hydrogens (tertiary/aromatic N) is 2. The summed E-state index contributed by atoms with van der Waals surface area (Å²) in [5.41, 5.74) is 12.2. The van der Waals surface area contributed by atoms with Gasteiger partial charge in [0, 0.05) is 33.5 Å². The number of hydrogen-bond donors (Lipinski definition) is 0. The van der Waals surface area contributed by atoms with Crippen LogP contribution in [0.1, 0.15) is 54.6 Å². The predicted molar refractivity (Wildman–Crippen MR) is 136 cm³/mol. The monoisotopic (exact) mass is 432 g/mol. The Balaban J connectivity index is 1.68. The van der Waals surface area contributed by atoms with Crippen molar-refractivity contribution in [3.05, 3.63) is 82.7 Å². The summed E-state index contributed by atoms with van der Waals surface area (Å²) in [7, 11) is 0. The van der Waals surface area contributed by atoms with Crippen LogP contribution in [0.25, 0.3) is 44.5 Å². The molecule has 0 atom stereocenters. The second-order valence-electron chi connectivity index (χ2n) is 9.46. The molecule has 2 aromatic carbocycles. The minimum Gasteiger partial charge on any atom is -0.437 e. The molecule has 33 heavy (non-hydrogen) atoms. The van der Waals surface area contributed by atoms with Crippen LogP contribution in [0.4, 0.5) is 0 Å². The van der Waals surface area contributed by atoms with Gasteiger partial charge in [-0.05, 0) is 73.6 Å². The van der Waals surface area contributed by atoms with Crippen LogP contribution in [-0.2, 0) is 5.41 Å². The minimum atomic E-state index is -0.0620. The smallest absolute Gasteiger partial charge is 0.227 e. The van der Waals surface area contributed by atoms with Gasteiger partial charge in [-0.15, -0.1) is 0 Å². The van der Waals surface area contributed by atoms with Gasteiger partial charge in [0.25, 0.3) is 0 Å². The third-order valence-electron chi connectivity index (χ3n) is 7.86. The molecule has 1 aliphatic rings. The molecule has 0 fully saturated rings.